The minimum absolute atomic E-state index is 0.0778. The van der Waals surface area contributed by atoms with Gasteiger partial charge in [0, 0.05) is 34.0 Å². The SMILES string of the molecule is C=C/C=C(\C(=C)N(/C=C/C=C)c1ccc2c(c1)C(C)(C)c1ccccc1-2)c1cccc2c1-c1ccccc1C2(C)C. The lowest BCUT2D eigenvalue weighted by molar-refractivity contribution is 0.660. The standard InChI is InChI=1S/C40H37N/c1-8-10-25-41(28-23-24-31-30-17-11-13-20-34(30)40(6,7)37(31)26-28)27(3)29(16-9-2)32-19-15-22-36-38(32)33-18-12-14-21-35(33)39(36,4)5/h8-26H,1-3H2,4-7H3/b25-10+,29-16+. The van der Waals surface area contributed by atoms with E-state index < -0.39 is 0 Å². The average molecular weight is 532 g/mol. The minimum atomic E-state index is -0.0909. The normalized spacial score (nSPS) is 15.6. The molecule has 0 aromatic heterocycles. The highest BCUT2D eigenvalue weighted by atomic mass is 15.1. The summed E-state index contributed by atoms with van der Waals surface area (Å²) in [6.45, 7) is 22.0. The number of rotatable bonds is 7. The molecule has 4 aromatic carbocycles. The monoisotopic (exact) mass is 531 g/mol. The highest BCUT2D eigenvalue weighted by Gasteiger charge is 2.38. The van der Waals surface area contributed by atoms with Crippen LogP contribution in [0, 0.1) is 0 Å². The summed E-state index contributed by atoms with van der Waals surface area (Å²) in [7, 11) is 0. The lowest BCUT2D eigenvalue weighted by Gasteiger charge is -2.28. The van der Waals surface area contributed by atoms with E-state index in [1.54, 1.807) is 0 Å². The van der Waals surface area contributed by atoms with Crippen LogP contribution in [0.15, 0.2) is 141 Å². The van der Waals surface area contributed by atoms with Gasteiger partial charge in [0.25, 0.3) is 0 Å². The van der Waals surface area contributed by atoms with Gasteiger partial charge in [-0.2, -0.15) is 0 Å². The molecule has 0 spiro atoms. The van der Waals surface area contributed by atoms with Crippen LogP contribution in [0.5, 0.6) is 0 Å². The second-order valence-electron chi connectivity index (χ2n) is 12.0. The third-order valence-corrected chi connectivity index (χ3v) is 9.00. The molecule has 0 heterocycles. The molecule has 0 fully saturated rings. The molecule has 0 saturated heterocycles. The van der Waals surface area contributed by atoms with Gasteiger partial charge in [-0.25, -0.2) is 0 Å². The summed E-state index contributed by atoms with van der Waals surface area (Å²) in [6, 6.07) is 31.0. The van der Waals surface area contributed by atoms with E-state index in [4.69, 9.17) is 6.58 Å². The summed E-state index contributed by atoms with van der Waals surface area (Å²) in [5.41, 5.74) is 14.6. The topological polar surface area (TPSA) is 3.24 Å². The number of hydrogen-bond donors (Lipinski definition) is 0. The third kappa shape index (κ3) is 3.99. The van der Waals surface area contributed by atoms with Crippen molar-refractivity contribution >= 4 is 11.3 Å². The Hall–Kier alpha value is -4.62. The summed E-state index contributed by atoms with van der Waals surface area (Å²) >= 11 is 0. The van der Waals surface area contributed by atoms with Crippen LogP contribution in [0.4, 0.5) is 5.69 Å². The summed E-state index contributed by atoms with van der Waals surface area (Å²) in [5.74, 6) is 0. The molecule has 0 amide bonds. The van der Waals surface area contributed by atoms with Crippen molar-refractivity contribution in [3.05, 3.63) is 169 Å². The van der Waals surface area contributed by atoms with Crippen molar-refractivity contribution in [2.24, 2.45) is 0 Å². The van der Waals surface area contributed by atoms with Gasteiger partial charge in [-0.1, -0.05) is 138 Å². The number of anilines is 1. The van der Waals surface area contributed by atoms with Crippen LogP contribution in [0.1, 0.15) is 55.5 Å². The minimum Gasteiger partial charge on any atom is -0.317 e. The third-order valence-electron chi connectivity index (χ3n) is 9.00. The second kappa shape index (κ2) is 9.78. The first kappa shape index (κ1) is 26.6. The van der Waals surface area contributed by atoms with Crippen LogP contribution in [0.25, 0.3) is 27.8 Å². The van der Waals surface area contributed by atoms with Crippen LogP contribution >= 0.6 is 0 Å². The van der Waals surface area contributed by atoms with E-state index >= 15 is 0 Å². The highest BCUT2D eigenvalue weighted by molar-refractivity contribution is 5.96. The lowest BCUT2D eigenvalue weighted by Crippen LogP contribution is -2.19. The van der Waals surface area contributed by atoms with E-state index in [0.29, 0.717) is 0 Å². The Bertz CT molecular complexity index is 1790. The van der Waals surface area contributed by atoms with Crippen LogP contribution < -0.4 is 4.90 Å². The van der Waals surface area contributed by atoms with Crippen molar-refractivity contribution in [2.45, 2.75) is 38.5 Å². The number of nitrogens with zero attached hydrogens (tertiary/aromatic N) is 1. The first-order valence-corrected chi connectivity index (χ1v) is 14.3. The van der Waals surface area contributed by atoms with Gasteiger partial charge in [0.15, 0.2) is 0 Å². The average Bonchev–Trinajstić information content (AvgIpc) is 3.36. The fourth-order valence-electron chi connectivity index (χ4n) is 6.89. The van der Waals surface area contributed by atoms with E-state index in [1.165, 1.54) is 44.5 Å². The lowest BCUT2D eigenvalue weighted by atomic mass is 9.81. The molecule has 41 heavy (non-hydrogen) atoms. The Morgan fingerprint density at radius 2 is 1.27 bits per heavy atom. The molecule has 202 valence electrons. The summed E-state index contributed by atoms with van der Waals surface area (Å²) in [4.78, 5) is 2.18. The van der Waals surface area contributed by atoms with Crippen LogP contribution in [-0.2, 0) is 10.8 Å². The zero-order valence-electron chi connectivity index (χ0n) is 24.5. The van der Waals surface area contributed by atoms with E-state index in [0.717, 1.165) is 22.5 Å². The van der Waals surface area contributed by atoms with Gasteiger partial charge < -0.3 is 4.90 Å². The highest BCUT2D eigenvalue weighted by Crippen LogP contribution is 2.53. The zero-order chi connectivity index (χ0) is 28.9. The van der Waals surface area contributed by atoms with E-state index in [-0.39, 0.29) is 10.8 Å². The molecule has 0 aliphatic heterocycles. The summed E-state index contributed by atoms with van der Waals surface area (Å²) in [5, 5.41) is 0. The molecule has 0 unspecified atom stereocenters. The molecule has 0 radical (unpaired) electrons. The van der Waals surface area contributed by atoms with Gasteiger partial charge >= 0.3 is 0 Å². The van der Waals surface area contributed by atoms with Crippen molar-refractivity contribution in [1.82, 2.24) is 0 Å². The maximum atomic E-state index is 4.69. The van der Waals surface area contributed by atoms with Crippen molar-refractivity contribution in [2.75, 3.05) is 4.90 Å². The first-order chi connectivity index (χ1) is 19.7. The largest absolute Gasteiger partial charge is 0.317 e. The fourth-order valence-corrected chi connectivity index (χ4v) is 6.89. The fraction of sp³-hybridized carbons (Fsp3) is 0.150. The van der Waals surface area contributed by atoms with Crippen molar-refractivity contribution in [3.8, 4) is 22.3 Å². The Kier molecular flexibility index (Phi) is 6.35. The van der Waals surface area contributed by atoms with Crippen LogP contribution in [0.2, 0.25) is 0 Å². The van der Waals surface area contributed by atoms with Gasteiger partial charge in [0.05, 0.1) is 0 Å². The second-order valence-corrected chi connectivity index (χ2v) is 12.0. The van der Waals surface area contributed by atoms with Crippen molar-refractivity contribution in [3.63, 3.8) is 0 Å². The molecule has 0 saturated carbocycles. The number of allylic oxidation sites excluding steroid dienone is 5. The van der Waals surface area contributed by atoms with Crippen molar-refractivity contribution < 1.29 is 0 Å². The summed E-state index contributed by atoms with van der Waals surface area (Å²) < 4.78 is 0. The van der Waals surface area contributed by atoms with Crippen LogP contribution in [-0.4, -0.2) is 0 Å². The zero-order valence-corrected chi connectivity index (χ0v) is 24.5. The predicted octanol–water partition coefficient (Wildman–Crippen LogP) is 10.6. The smallest absolute Gasteiger partial charge is 0.0462 e. The molecular weight excluding hydrogens is 494 g/mol. The van der Waals surface area contributed by atoms with Gasteiger partial charge in [-0.3, -0.25) is 0 Å². The molecule has 0 atom stereocenters. The molecule has 1 nitrogen and oxygen atoms in total. The van der Waals surface area contributed by atoms with E-state index in [2.05, 4.69) is 143 Å². The molecule has 0 bridgehead atoms. The Morgan fingerprint density at radius 1 is 0.659 bits per heavy atom. The molecule has 6 rings (SSSR count). The molecule has 2 aliphatic rings. The Labute approximate surface area is 245 Å². The maximum Gasteiger partial charge on any atom is 0.0462 e. The molecule has 2 aliphatic carbocycles. The Morgan fingerprint density at radius 3 is 1.98 bits per heavy atom. The molecule has 1 heteroatoms. The summed E-state index contributed by atoms with van der Waals surface area (Å²) in [6.07, 6.45) is 9.79. The van der Waals surface area contributed by atoms with Crippen molar-refractivity contribution in [1.29, 1.82) is 0 Å². The molecular formula is C40H37N. The number of benzene rings is 4. The molecule has 0 N–H and O–H groups in total. The quantitative estimate of drug-likeness (QED) is 0.214. The number of fused-ring (bicyclic) bond motifs is 6. The predicted molar refractivity (Wildman–Crippen MR) is 177 cm³/mol. The molecule has 4 aromatic rings. The Balaban J connectivity index is 1.50. The number of hydrogen-bond acceptors (Lipinski definition) is 1. The van der Waals surface area contributed by atoms with Gasteiger partial charge in [0.2, 0.25) is 0 Å². The van der Waals surface area contributed by atoms with Gasteiger partial charge in [-0.05, 0) is 68.3 Å². The van der Waals surface area contributed by atoms with E-state index in [1.807, 2.05) is 18.2 Å². The van der Waals surface area contributed by atoms with E-state index in [9.17, 15) is 0 Å². The van der Waals surface area contributed by atoms with Gasteiger partial charge in [0.1, 0.15) is 0 Å². The van der Waals surface area contributed by atoms with Crippen LogP contribution in [0.3, 0.4) is 0 Å². The van der Waals surface area contributed by atoms with Gasteiger partial charge in [-0.15, -0.1) is 0 Å². The first-order valence-electron chi connectivity index (χ1n) is 14.3. The maximum absolute atomic E-state index is 4.69.